The van der Waals surface area contributed by atoms with Crippen molar-refractivity contribution in [2.45, 2.75) is 143 Å². The highest BCUT2D eigenvalue weighted by Crippen LogP contribution is 2.67. The molecule has 0 aliphatic heterocycles. The lowest BCUT2D eigenvalue weighted by Crippen LogP contribution is -2.51. The summed E-state index contributed by atoms with van der Waals surface area (Å²) < 4.78 is 16.4. The Morgan fingerprint density at radius 1 is 0.884 bits per heavy atom. The quantitative estimate of drug-likeness (QED) is 0.0946. The maximum atomic E-state index is 12.7. The second kappa shape index (κ2) is 15.9. The van der Waals surface area contributed by atoms with Crippen LogP contribution >= 0.6 is 0 Å². The van der Waals surface area contributed by atoms with Gasteiger partial charge in [0, 0.05) is 33.0 Å². The van der Waals surface area contributed by atoms with Crippen molar-refractivity contribution < 1.29 is 23.8 Å². The molecule has 0 radical (unpaired) electrons. The molecule has 0 bridgehead atoms. The van der Waals surface area contributed by atoms with Gasteiger partial charge in [-0.2, -0.15) is 0 Å². The number of hydrogen-bond donors (Lipinski definition) is 0. The van der Waals surface area contributed by atoms with Crippen molar-refractivity contribution in [2.24, 2.45) is 46.3 Å². The van der Waals surface area contributed by atoms with Gasteiger partial charge in [-0.1, -0.05) is 65.5 Å². The maximum Gasteiger partial charge on any atom is 0.306 e. The summed E-state index contributed by atoms with van der Waals surface area (Å²) in [5.74, 6) is 4.98. The predicted molar refractivity (Wildman–Crippen MR) is 174 cm³/mol. The number of esters is 1. The predicted octanol–water partition coefficient (Wildman–Crippen LogP) is 9.12. The third-order valence-corrected chi connectivity index (χ3v) is 12.6. The summed E-state index contributed by atoms with van der Waals surface area (Å²) >= 11 is 0. The normalized spacial score (nSPS) is 34.2. The summed E-state index contributed by atoms with van der Waals surface area (Å²) in [6.45, 7) is 14.3. The van der Waals surface area contributed by atoms with Gasteiger partial charge in [0.1, 0.15) is 11.9 Å². The van der Waals surface area contributed by atoms with Gasteiger partial charge < -0.3 is 14.2 Å². The molecule has 1 unspecified atom stereocenters. The third kappa shape index (κ3) is 8.54. The zero-order chi connectivity index (χ0) is 31.0. The topological polar surface area (TPSA) is 61.8 Å². The van der Waals surface area contributed by atoms with Crippen LogP contribution in [-0.4, -0.2) is 44.8 Å². The van der Waals surface area contributed by atoms with E-state index in [1.165, 1.54) is 51.4 Å². The molecular formula is C38H64O5. The van der Waals surface area contributed by atoms with E-state index in [9.17, 15) is 9.59 Å². The van der Waals surface area contributed by atoms with Crippen LogP contribution in [0.25, 0.3) is 0 Å². The maximum absolute atomic E-state index is 12.7. The van der Waals surface area contributed by atoms with Gasteiger partial charge in [-0.3, -0.25) is 9.59 Å². The van der Waals surface area contributed by atoms with Crippen LogP contribution in [0.15, 0.2) is 11.6 Å². The van der Waals surface area contributed by atoms with E-state index in [0.717, 1.165) is 67.6 Å². The number of ether oxygens (including phenoxy) is 3. The minimum Gasteiger partial charge on any atom is -0.462 e. The van der Waals surface area contributed by atoms with Crippen molar-refractivity contribution in [2.75, 3.05) is 26.9 Å². The molecule has 5 nitrogen and oxygen atoms in total. The van der Waals surface area contributed by atoms with E-state index < -0.39 is 0 Å². The van der Waals surface area contributed by atoms with Crippen LogP contribution in [0, 0.1) is 46.3 Å². The summed E-state index contributed by atoms with van der Waals surface area (Å²) in [5.41, 5.74) is 2.33. The van der Waals surface area contributed by atoms with E-state index >= 15 is 0 Å². The van der Waals surface area contributed by atoms with Gasteiger partial charge in [0.05, 0.1) is 19.6 Å². The number of unbranched alkanes of at least 4 members (excludes halogenated alkanes) is 1. The van der Waals surface area contributed by atoms with Crippen LogP contribution in [0.1, 0.15) is 137 Å². The lowest BCUT2D eigenvalue weighted by atomic mass is 9.47. The largest absolute Gasteiger partial charge is 0.462 e. The van der Waals surface area contributed by atoms with Gasteiger partial charge in [0.15, 0.2) is 0 Å². The molecule has 0 spiro atoms. The molecule has 0 aromatic rings. The molecule has 0 saturated heterocycles. The summed E-state index contributed by atoms with van der Waals surface area (Å²) in [6, 6.07) is 0. The summed E-state index contributed by atoms with van der Waals surface area (Å²) in [4.78, 5) is 25.0. The molecule has 246 valence electrons. The van der Waals surface area contributed by atoms with E-state index in [0.29, 0.717) is 31.7 Å². The minimum atomic E-state index is -0.202. The number of hydrogen-bond acceptors (Lipinski definition) is 5. The second-order valence-corrected chi connectivity index (χ2v) is 15.7. The lowest BCUT2D eigenvalue weighted by molar-refractivity contribution is -0.152. The summed E-state index contributed by atoms with van der Waals surface area (Å²) in [7, 11) is 1.66. The fourth-order valence-electron chi connectivity index (χ4n) is 10.1. The van der Waals surface area contributed by atoms with Gasteiger partial charge >= 0.3 is 5.97 Å². The first-order chi connectivity index (χ1) is 20.6. The van der Waals surface area contributed by atoms with Crippen molar-refractivity contribution >= 4 is 11.8 Å². The molecule has 4 aliphatic carbocycles. The summed E-state index contributed by atoms with van der Waals surface area (Å²) in [6.07, 6.45) is 19.2. The van der Waals surface area contributed by atoms with E-state index in [2.05, 4.69) is 40.7 Å². The molecule has 0 N–H and O–H groups in total. The molecule has 8 atom stereocenters. The molecule has 3 fully saturated rings. The number of methoxy groups -OCH3 is 1. The molecular weight excluding hydrogens is 536 g/mol. The molecule has 0 aromatic carbocycles. The van der Waals surface area contributed by atoms with Gasteiger partial charge in [0.2, 0.25) is 0 Å². The molecule has 43 heavy (non-hydrogen) atoms. The fourth-order valence-corrected chi connectivity index (χ4v) is 10.1. The summed E-state index contributed by atoms with van der Waals surface area (Å²) in [5, 5.41) is 0. The number of allylic oxidation sites excluding steroid dienone is 1. The smallest absolute Gasteiger partial charge is 0.306 e. The molecule has 4 aliphatic rings. The highest BCUT2D eigenvalue weighted by atomic mass is 16.5. The van der Waals surface area contributed by atoms with Crippen molar-refractivity contribution in [3.05, 3.63) is 11.6 Å². The Kier molecular flexibility index (Phi) is 12.8. The number of Topliss-reactive ketones (excluding diaryl/α,β-unsaturated/α-hetero) is 1. The van der Waals surface area contributed by atoms with Crippen molar-refractivity contribution in [3.8, 4) is 0 Å². The first kappa shape index (κ1) is 34.7. The molecule has 0 heterocycles. The number of rotatable bonds is 17. The van der Waals surface area contributed by atoms with Crippen LogP contribution in [0.5, 0.6) is 0 Å². The SMILES string of the molecule is COCCOCCCCC(=O)CCC(=O)O[C@H]1CC[C@@]2(C)C(=CC[C@H]3[C@@H]4CC[C@H](C(C)CCCC(C)C)[C@@]4(C)CC[C@@H]32)C1. The average molecular weight is 601 g/mol. The number of fused-ring (bicyclic) bond motifs is 5. The molecule has 0 aromatic heterocycles. The molecule has 5 heteroatoms. The number of carbonyl (C=O) groups is 2. The van der Waals surface area contributed by atoms with E-state index in [1.54, 1.807) is 12.7 Å². The zero-order valence-electron chi connectivity index (χ0n) is 28.6. The van der Waals surface area contributed by atoms with Crippen LogP contribution in [-0.2, 0) is 23.8 Å². The molecule has 0 amide bonds. The van der Waals surface area contributed by atoms with Crippen molar-refractivity contribution in [3.63, 3.8) is 0 Å². The zero-order valence-corrected chi connectivity index (χ0v) is 28.6. The van der Waals surface area contributed by atoms with Gasteiger partial charge in [-0.15, -0.1) is 0 Å². The third-order valence-electron chi connectivity index (χ3n) is 12.6. The van der Waals surface area contributed by atoms with Crippen molar-refractivity contribution in [1.29, 1.82) is 0 Å². The number of carbonyl (C=O) groups excluding carboxylic acids is 2. The highest BCUT2D eigenvalue weighted by molar-refractivity contribution is 5.82. The molecule has 3 saturated carbocycles. The van der Waals surface area contributed by atoms with E-state index in [1.807, 2.05) is 0 Å². The highest BCUT2D eigenvalue weighted by Gasteiger charge is 2.59. The molecule has 4 rings (SSSR count). The fraction of sp³-hybridized carbons (Fsp3) is 0.895. The van der Waals surface area contributed by atoms with E-state index in [4.69, 9.17) is 14.2 Å². The Morgan fingerprint density at radius 3 is 2.47 bits per heavy atom. The standard InChI is InChI=1S/C38H64O5/c1-27(2)10-9-11-28(3)33-16-17-34-32-15-13-29-26-31(19-21-37(29,4)35(32)20-22-38(33,34)5)43-36(40)18-14-30(39)12-7-8-23-42-25-24-41-6/h13,27-28,31-35H,7-12,14-26H2,1-6H3/t28?,31-,32-,33+,34-,35-,37-,38+/m0/s1. The monoisotopic (exact) mass is 600 g/mol. The first-order valence-electron chi connectivity index (χ1n) is 18.1. The van der Waals surface area contributed by atoms with Crippen molar-refractivity contribution in [1.82, 2.24) is 0 Å². The lowest BCUT2D eigenvalue weighted by Gasteiger charge is -2.58. The van der Waals surface area contributed by atoms with Crippen LogP contribution in [0.4, 0.5) is 0 Å². The average Bonchev–Trinajstić information content (AvgIpc) is 3.33. The Labute approximate surface area is 263 Å². The minimum absolute atomic E-state index is 0.0286. The van der Waals surface area contributed by atoms with E-state index in [-0.39, 0.29) is 36.1 Å². The Morgan fingerprint density at radius 2 is 1.70 bits per heavy atom. The first-order valence-corrected chi connectivity index (χ1v) is 18.1. The second-order valence-electron chi connectivity index (χ2n) is 15.7. The van der Waals surface area contributed by atoms with Gasteiger partial charge in [-0.05, 0) is 104 Å². The van der Waals surface area contributed by atoms with Gasteiger partial charge in [-0.25, -0.2) is 0 Å². The van der Waals surface area contributed by atoms with Gasteiger partial charge in [0.25, 0.3) is 0 Å². The van der Waals surface area contributed by atoms with Crippen LogP contribution in [0.3, 0.4) is 0 Å². The van der Waals surface area contributed by atoms with Crippen LogP contribution in [0.2, 0.25) is 0 Å². The Bertz CT molecular complexity index is 941. The Balaban J connectivity index is 1.23. The van der Waals surface area contributed by atoms with Crippen LogP contribution < -0.4 is 0 Å². The number of ketones is 1. The Hall–Kier alpha value is -1.20.